The molecule has 116 valence electrons. The van der Waals surface area contributed by atoms with Crippen molar-refractivity contribution in [3.63, 3.8) is 0 Å². The summed E-state index contributed by atoms with van der Waals surface area (Å²) in [6.07, 6.45) is 0.977. The summed E-state index contributed by atoms with van der Waals surface area (Å²) < 4.78 is 23.5. The normalized spacial score (nSPS) is 11.4. The molecule has 0 amide bonds. The number of rotatable bonds is 5. The third-order valence-corrected chi connectivity index (χ3v) is 5.41. The molecule has 0 heterocycles. The molecule has 7 heteroatoms. The van der Waals surface area contributed by atoms with Gasteiger partial charge in [-0.05, 0) is 30.2 Å². The molecule has 0 aromatic heterocycles. The Labute approximate surface area is 133 Å². The highest BCUT2D eigenvalue weighted by atomic mass is 32.2. The van der Waals surface area contributed by atoms with Gasteiger partial charge in [0.15, 0.2) is 9.84 Å². The highest BCUT2D eigenvalue weighted by Gasteiger charge is 2.26. The van der Waals surface area contributed by atoms with Crippen molar-refractivity contribution in [3.05, 3.63) is 63.7 Å². The Morgan fingerprint density at radius 1 is 1.14 bits per heavy atom. The van der Waals surface area contributed by atoms with Crippen LogP contribution in [-0.2, 0) is 15.6 Å². The van der Waals surface area contributed by atoms with E-state index in [0.29, 0.717) is 10.6 Å². The predicted molar refractivity (Wildman–Crippen MR) is 86.9 cm³/mol. The van der Waals surface area contributed by atoms with E-state index in [2.05, 4.69) is 0 Å². The summed E-state index contributed by atoms with van der Waals surface area (Å²) in [5, 5.41) is 11.3. The molecular formula is C15H15NO4S2. The second-order valence-electron chi connectivity index (χ2n) is 4.85. The van der Waals surface area contributed by atoms with E-state index >= 15 is 0 Å². The number of sulfone groups is 1. The first-order valence-electron chi connectivity index (χ1n) is 6.45. The maximum absolute atomic E-state index is 11.7. The van der Waals surface area contributed by atoms with Crippen molar-refractivity contribution in [2.75, 3.05) is 6.26 Å². The maximum Gasteiger partial charge on any atom is 0.301 e. The van der Waals surface area contributed by atoms with Crippen LogP contribution in [0.2, 0.25) is 0 Å². The molecule has 5 nitrogen and oxygen atoms in total. The SMILES string of the molecule is Cc1ccccc1CSc1cccc(S(C)(=O)=O)c1[N+](=O)[O-]. The monoisotopic (exact) mass is 337 g/mol. The minimum absolute atomic E-state index is 0.243. The quantitative estimate of drug-likeness (QED) is 0.473. The summed E-state index contributed by atoms with van der Waals surface area (Å²) in [4.78, 5) is 10.8. The van der Waals surface area contributed by atoms with Gasteiger partial charge < -0.3 is 0 Å². The Kier molecular flexibility index (Phi) is 4.87. The van der Waals surface area contributed by atoms with Crippen molar-refractivity contribution in [2.24, 2.45) is 0 Å². The van der Waals surface area contributed by atoms with Gasteiger partial charge in [0.2, 0.25) is 0 Å². The van der Waals surface area contributed by atoms with Crippen molar-refractivity contribution in [1.82, 2.24) is 0 Å². The summed E-state index contributed by atoms with van der Waals surface area (Å²) in [6.45, 7) is 1.97. The van der Waals surface area contributed by atoms with E-state index in [0.717, 1.165) is 17.4 Å². The van der Waals surface area contributed by atoms with E-state index in [1.165, 1.54) is 23.9 Å². The number of nitro benzene ring substituents is 1. The minimum atomic E-state index is -3.65. The van der Waals surface area contributed by atoms with Crippen LogP contribution in [0.4, 0.5) is 5.69 Å². The zero-order valence-electron chi connectivity index (χ0n) is 12.1. The van der Waals surface area contributed by atoms with Crippen molar-refractivity contribution in [2.45, 2.75) is 22.5 Å². The standard InChI is InChI=1S/C15H15NO4S2/c1-11-6-3-4-7-12(11)10-21-13-8-5-9-14(22(2,19)20)15(13)16(17)18/h3-9H,10H2,1-2H3. The van der Waals surface area contributed by atoms with Gasteiger partial charge in [-0.15, -0.1) is 11.8 Å². The van der Waals surface area contributed by atoms with Crippen LogP contribution in [0.3, 0.4) is 0 Å². The number of para-hydroxylation sites is 1. The lowest BCUT2D eigenvalue weighted by Crippen LogP contribution is -2.04. The predicted octanol–water partition coefficient (Wildman–Crippen LogP) is 3.60. The number of aryl methyl sites for hydroxylation is 1. The zero-order valence-corrected chi connectivity index (χ0v) is 13.8. The Bertz CT molecular complexity index is 816. The van der Waals surface area contributed by atoms with E-state index in [1.807, 2.05) is 31.2 Å². The van der Waals surface area contributed by atoms with Crippen LogP contribution in [0.25, 0.3) is 0 Å². The maximum atomic E-state index is 11.7. The molecule has 0 fully saturated rings. The fraction of sp³-hybridized carbons (Fsp3) is 0.200. The average molecular weight is 337 g/mol. The van der Waals surface area contributed by atoms with Crippen LogP contribution in [0.15, 0.2) is 52.3 Å². The summed E-state index contributed by atoms with van der Waals surface area (Å²) in [5.41, 5.74) is 1.81. The molecule has 0 bridgehead atoms. The number of hydrogen-bond donors (Lipinski definition) is 0. The summed E-state index contributed by atoms with van der Waals surface area (Å²) in [7, 11) is -3.65. The molecule has 0 aliphatic rings. The lowest BCUT2D eigenvalue weighted by Gasteiger charge is -2.08. The molecule has 0 aliphatic carbocycles. The molecule has 2 rings (SSSR count). The van der Waals surface area contributed by atoms with Crippen molar-refractivity contribution >= 4 is 27.3 Å². The number of hydrogen-bond acceptors (Lipinski definition) is 5. The van der Waals surface area contributed by atoms with E-state index in [4.69, 9.17) is 0 Å². The Morgan fingerprint density at radius 3 is 2.41 bits per heavy atom. The van der Waals surface area contributed by atoms with Crippen molar-refractivity contribution in [1.29, 1.82) is 0 Å². The fourth-order valence-electron chi connectivity index (χ4n) is 2.03. The van der Waals surface area contributed by atoms with Gasteiger partial charge in [-0.1, -0.05) is 30.3 Å². The van der Waals surface area contributed by atoms with Gasteiger partial charge >= 0.3 is 5.69 Å². The largest absolute Gasteiger partial charge is 0.301 e. The van der Waals surface area contributed by atoms with Gasteiger partial charge in [-0.2, -0.15) is 0 Å². The lowest BCUT2D eigenvalue weighted by atomic mass is 10.1. The van der Waals surface area contributed by atoms with Gasteiger partial charge in [0.25, 0.3) is 0 Å². The Morgan fingerprint density at radius 2 is 1.82 bits per heavy atom. The van der Waals surface area contributed by atoms with Crippen LogP contribution in [0.5, 0.6) is 0 Å². The highest BCUT2D eigenvalue weighted by molar-refractivity contribution is 7.98. The molecule has 0 aliphatic heterocycles. The zero-order chi connectivity index (χ0) is 16.3. The molecule has 0 atom stereocenters. The molecule has 0 spiro atoms. The summed E-state index contributed by atoms with van der Waals surface area (Å²) >= 11 is 1.27. The minimum Gasteiger partial charge on any atom is -0.258 e. The van der Waals surface area contributed by atoms with Gasteiger partial charge in [0.1, 0.15) is 4.90 Å². The molecular weight excluding hydrogens is 322 g/mol. The van der Waals surface area contributed by atoms with Gasteiger partial charge in [-0.3, -0.25) is 10.1 Å². The van der Waals surface area contributed by atoms with Crippen molar-refractivity contribution in [3.8, 4) is 0 Å². The molecule has 2 aromatic carbocycles. The highest BCUT2D eigenvalue weighted by Crippen LogP contribution is 2.36. The van der Waals surface area contributed by atoms with Crippen LogP contribution >= 0.6 is 11.8 Å². The lowest BCUT2D eigenvalue weighted by molar-refractivity contribution is -0.390. The van der Waals surface area contributed by atoms with Gasteiger partial charge in [0.05, 0.1) is 9.82 Å². The topological polar surface area (TPSA) is 77.3 Å². The second kappa shape index (κ2) is 6.50. The van der Waals surface area contributed by atoms with Crippen LogP contribution < -0.4 is 0 Å². The molecule has 22 heavy (non-hydrogen) atoms. The molecule has 0 saturated heterocycles. The average Bonchev–Trinajstić information content (AvgIpc) is 2.45. The Hall–Kier alpha value is -1.86. The first-order valence-corrected chi connectivity index (χ1v) is 9.33. The van der Waals surface area contributed by atoms with E-state index in [-0.39, 0.29) is 10.6 Å². The van der Waals surface area contributed by atoms with Gasteiger partial charge in [0, 0.05) is 12.0 Å². The number of nitro groups is 1. The van der Waals surface area contributed by atoms with Crippen molar-refractivity contribution < 1.29 is 13.3 Å². The van der Waals surface area contributed by atoms with E-state index < -0.39 is 14.8 Å². The van der Waals surface area contributed by atoms with E-state index in [1.54, 1.807) is 6.07 Å². The van der Waals surface area contributed by atoms with Crippen LogP contribution in [0, 0.1) is 17.0 Å². The molecule has 2 aromatic rings. The summed E-state index contributed by atoms with van der Waals surface area (Å²) in [6, 6.07) is 12.1. The third kappa shape index (κ3) is 3.66. The third-order valence-electron chi connectivity index (χ3n) is 3.19. The first-order chi connectivity index (χ1) is 10.3. The number of nitrogens with zero attached hydrogens (tertiary/aromatic N) is 1. The summed E-state index contributed by atoms with van der Waals surface area (Å²) in [5.74, 6) is 0.542. The van der Waals surface area contributed by atoms with Crippen LogP contribution in [-0.4, -0.2) is 19.6 Å². The van der Waals surface area contributed by atoms with Gasteiger partial charge in [-0.25, -0.2) is 8.42 Å². The molecule has 0 radical (unpaired) electrons. The fourth-order valence-corrected chi connectivity index (χ4v) is 4.08. The first kappa shape index (κ1) is 16.5. The Balaban J connectivity index is 2.40. The molecule has 0 unspecified atom stereocenters. The number of thioether (sulfide) groups is 1. The van der Waals surface area contributed by atoms with Crippen LogP contribution in [0.1, 0.15) is 11.1 Å². The number of benzene rings is 2. The molecule has 0 N–H and O–H groups in total. The smallest absolute Gasteiger partial charge is 0.258 e. The van der Waals surface area contributed by atoms with E-state index in [9.17, 15) is 18.5 Å². The molecule has 0 saturated carbocycles. The second-order valence-corrected chi connectivity index (χ2v) is 7.85.